The summed E-state index contributed by atoms with van der Waals surface area (Å²) < 4.78 is 5.93. The number of nitrogens with zero attached hydrogens (tertiary/aromatic N) is 2. The number of Topliss-reactive ketones (excluding diaryl/α,β-unsaturated/α-hetero) is 1. The number of nitriles is 1. The highest BCUT2D eigenvalue weighted by Gasteiger charge is 2.24. The standard InChI is InChI=1S/C25H24N2O2/c1-29-25-23-7-4-6-21(19-11-9-18(17-26)10-12-19)22(23)5-2-3-8-24(25)27-15-13-20(28)14-16-27/h3-4,6-12H,2,5,13-16H2,1H3/b8-3-,25-24-. The van der Waals surface area contributed by atoms with Gasteiger partial charge in [-0.25, -0.2) is 0 Å². The number of ether oxygens (including phenoxy) is 1. The number of rotatable bonds is 3. The lowest BCUT2D eigenvalue weighted by Gasteiger charge is -2.31. The molecule has 29 heavy (non-hydrogen) atoms. The summed E-state index contributed by atoms with van der Waals surface area (Å²) in [6, 6.07) is 16.2. The molecule has 1 aliphatic carbocycles. The fourth-order valence-corrected chi connectivity index (χ4v) is 4.16. The van der Waals surface area contributed by atoms with Crippen LogP contribution in [0.25, 0.3) is 16.9 Å². The minimum absolute atomic E-state index is 0.333. The van der Waals surface area contributed by atoms with E-state index < -0.39 is 0 Å². The number of hydrogen-bond donors (Lipinski definition) is 0. The molecule has 0 amide bonds. The van der Waals surface area contributed by atoms with E-state index in [9.17, 15) is 4.79 Å². The van der Waals surface area contributed by atoms with Crippen LogP contribution in [0.1, 0.15) is 36.0 Å². The number of likely N-dealkylation sites (tertiary alicyclic amines) is 1. The van der Waals surface area contributed by atoms with E-state index in [2.05, 4.69) is 41.3 Å². The van der Waals surface area contributed by atoms with Gasteiger partial charge in [0, 0.05) is 31.5 Å². The van der Waals surface area contributed by atoms with Crippen molar-refractivity contribution in [2.45, 2.75) is 25.7 Å². The Morgan fingerprint density at radius 3 is 2.41 bits per heavy atom. The van der Waals surface area contributed by atoms with Gasteiger partial charge in [-0.1, -0.05) is 36.4 Å². The molecule has 2 aliphatic rings. The van der Waals surface area contributed by atoms with Crippen molar-refractivity contribution in [2.24, 2.45) is 0 Å². The van der Waals surface area contributed by atoms with Crippen molar-refractivity contribution in [3.63, 3.8) is 0 Å². The van der Waals surface area contributed by atoms with Gasteiger partial charge in [0.25, 0.3) is 0 Å². The molecule has 4 heteroatoms. The summed E-state index contributed by atoms with van der Waals surface area (Å²) >= 11 is 0. The third-order valence-corrected chi connectivity index (χ3v) is 5.68. The number of piperidine rings is 1. The fraction of sp³-hybridized carbons (Fsp3) is 0.280. The summed E-state index contributed by atoms with van der Waals surface area (Å²) in [7, 11) is 1.72. The van der Waals surface area contributed by atoms with Gasteiger partial charge < -0.3 is 9.64 Å². The molecule has 1 fully saturated rings. The Morgan fingerprint density at radius 1 is 1.00 bits per heavy atom. The fourth-order valence-electron chi connectivity index (χ4n) is 4.16. The van der Waals surface area contributed by atoms with E-state index in [1.165, 1.54) is 11.1 Å². The molecule has 0 saturated carbocycles. The number of ketones is 1. The van der Waals surface area contributed by atoms with Crippen LogP contribution >= 0.6 is 0 Å². The second-order valence-corrected chi connectivity index (χ2v) is 7.41. The van der Waals surface area contributed by atoms with Crippen molar-refractivity contribution in [2.75, 3.05) is 20.2 Å². The minimum atomic E-state index is 0.333. The summed E-state index contributed by atoms with van der Waals surface area (Å²) in [6.45, 7) is 1.46. The van der Waals surface area contributed by atoms with Gasteiger partial charge in [0.1, 0.15) is 11.5 Å². The molecule has 0 radical (unpaired) electrons. The van der Waals surface area contributed by atoms with Gasteiger partial charge in [-0.15, -0.1) is 0 Å². The highest BCUT2D eigenvalue weighted by molar-refractivity contribution is 5.80. The first-order valence-electron chi connectivity index (χ1n) is 10.1. The van der Waals surface area contributed by atoms with E-state index >= 15 is 0 Å². The number of benzene rings is 2. The quantitative estimate of drug-likeness (QED) is 0.769. The minimum Gasteiger partial charge on any atom is -0.494 e. The normalized spacial score (nSPS) is 20.3. The first-order valence-corrected chi connectivity index (χ1v) is 10.1. The third-order valence-electron chi connectivity index (χ3n) is 5.68. The molecule has 146 valence electrons. The molecule has 1 heterocycles. The van der Waals surface area contributed by atoms with Crippen LogP contribution in [-0.4, -0.2) is 30.9 Å². The molecule has 2 aromatic rings. The van der Waals surface area contributed by atoms with Crippen molar-refractivity contribution in [1.29, 1.82) is 5.26 Å². The molecule has 4 nitrogen and oxygen atoms in total. The molecular weight excluding hydrogens is 360 g/mol. The van der Waals surface area contributed by atoms with Gasteiger partial charge in [0.2, 0.25) is 0 Å². The molecule has 0 atom stereocenters. The van der Waals surface area contributed by atoms with Crippen molar-refractivity contribution in [3.8, 4) is 17.2 Å². The third kappa shape index (κ3) is 3.82. The van der Waals surface area contributed by atoms with Crippen molar-refractivity contribution < 1.29 is 9.53 Å². The number of fused-ring (bicyclic) bond motifs is 1. The van der Waals surface area contributed by atoms with E-state index in [0.29, 0.717) is 24.2 Å². The summed E-state index contributed by atoms with van der Waals surface area (Å²) in [5.41, 5.74) is 6.35. The Bertz CT molecular complexity index is 1020. The van der Waals surface area contributed by atoms with Crippen molar-refractivity contribution in [1.82, 2.24) is 4.90 Å². The number of methoxy groups -OCH3 is 1. The Morgan fingerprint density at radius 2 is 1.72 bits per heavy atom. The van der Waals surface area contributed by atoms with Crippen LogP contribution in [0.3, 0.4) is 0 Å². The van der Waals surface area contributed by atoms with Gasteiger partial charge in [0.15, 0.2) is 0 Å². The smallest absolute Gasteiger partial charge is 0.149 e. The van der Waals surface area contributed by atoms with Gasteiger partial charge in [-0.2, -0.15) is 5.26 Å². The predicted octanol–water partition coefficient (Wildman–Crippen LogP) is 4.71. The van der Waals surface area contributed by atoms with Crippen LogP contribution in [0.15, 0.2) is 60.3 Å². The van der Waals surface area contributed by atoms with Crippen LogP contribution < -0.4 is 0 Å². The van der Waals surface area contributed by atoms with Crippen LogP contribution in [0, 0.1) is 11.3 Å². The maximum atomic E-state index is 11.7. The SMILES string of the molecule is CO/C1=C(N2CCC(=O)CC2)/C=C\CCc2c1cccc2-c1ccc(C#N)cc1. The highest BCUT2D eigenvalue weighted by atomic mass is 16.5. The van der Waals surface area contributed by atoms with E-state index in [1.54, 1.807) is 7.11 Å². The zero-order valence-electron chi connectivity index (χ0n) is 16.6. The van der Waals surface area contributed by atoms with E-state index in [-0.39, 0.29) is 0 Å². The van der Waals surface area contributed by atoms with Crippen LogP contribution in [0.2, 0.25) is 0 Å². The molecule has 1 aliphatic heterocycles. The molecule has 2 aromatic carbocycles. The average Bonchev–Trinajstić information content (AvgIpc) is 2.75. The molecule has 1 saturated heterocycles. The number of carbonyl (C=O) groups excluding carboxylic acids is 1. The number of allylic oxidation sites excluding steroid dienone is 2. The second kappa shape index (κ2) is 8.36. The molecule has 0 spiro atoms. The highest BCUT2D eigenvalue weighted by Crippen LogP contribution is 2.35. The zero-order valence-corrected chi connectivity index (χ0v) is 16.6. The van der Waals surface area contributed by atoms with E-state index in [1.807, 2.05) is 24.3 Å². The molecule has 0 bridgehead atoms. The van der Waals surface area contributed by atoms with Gasteiger partial charge in [-0.05, 0) is 47.7 Å². The first-order chi connectivity index (χ1) is 14.2. The Balaban J connectivity index is 1.82. The largest absolute Gasteiger partial charge is 0.494 e. The van der Waals surface area contributed by atoms with Crippen LogP contribution in [0.5, 0.6) is 0 Å². The van der Waals surface area contributed by atoms with Gasteiger partial charge >= 0.3 is 0 Å². The topological polar surface area (TPSA) is 53.3 Å². The van der Waals surface area contributed by atoms with Crippen LogP contribution in [-0.2, 0) is 16.0 Å². The lowest BCUT2D eigenvalue weighted by molar-refractivity contribution is -0.121. The second-order valence-electron chi connectivity index (χ2n) is 7.41. The summed E-state index contributed by atoms with van der Waals surface area (Å²) in [5, 5.41) is 9.09. The maximum Gasteiger partial charge on any atom is 0.149 e. The predicted molar refractivity (Wildman–Crippen MR) is 114 cm³/mol. The number of carbonyl (C=O) groups is 1. The summed E-state index contributed by atoms with van der Waals surface area (Å²) in [5.74, 6) is 1.19. The van der Waals surface area contributed by atoms with Gasteiger partial charge in [-0.3, -0.25) is 4.79 Å². The zero-order chi connectivity index (χ0) is 20.2. The van der Waals surface area contributed by atoms with Crippen molar-refractivity contribution in [3.05, 3.63) is 77.0 Å². The Labute approximate surface area is 171 Å². The maximum absolute atomic E-state index is 11.7. The lowest BCUT2D eigenvalue weighted by Crippen LogP contribution is -2.33. The molecule has 0 N–H and O–H groups in total. The average molecular weight is 384 g/mol. The summed E-state index contributed by atoms with van der Waals surface area (Å²) in [4.78, 5) is 14.0. The lowest BCUT2D eigenvalue weighted by atomic mass is 9.89. The first kappa shape index (κ1) is 19.0. The summed E-state index contributed by atoms with van der Waals surface area (Å²) in [6.07, 6.45) is 7.38. The van der Waals surface area contributed by atoms with Crippen molar-refractivity contribution >= 4 is 11.5 Å². The molecular formula is C25H24N2O2. The van der Waals surface area contributed by atoms with Gasteiger partial charge in [0.05, 0.1) is 24.4 Å². The Kier molecular flexibility index (Phi) is 5.48. The molecule has 0 aromatic heterocycles. The number of hydrogen-bond acceptors (Lipinski definition) is 4. The van der Waals surface area contributed by atoms with E-state index in [4.69, 9.17) is 10.00 Å². The molecule has 0 unspecified atom stereocenters. The Hall–Kier alpha value is -3.32. The van der Waals surface area contributed by atoms with E-state index in [0.717, 1.165) is 48.5 Å². The molecule has 4 rings (SSSR count). The van der Waals surface area contributed by atoms with Crippen LogP contribution in [0.4, 0.5) is 0 Å². The monoisotopic (exact) mass is 384 g/mol.